The van der Waals surface area contributed by atoms with Crippen LogP contribution in [0, 0.1) is 5.92 Å². The van der Waals surface area contributed by atoms with Crippen molar-refractivity contribution >= 4 is 29.7 Å². The van der Waals surface area contributed by atoms with E-state index in [2.05, 4.69) is 29.4 Å². The van der Waals surface area contributed by atoms with Gasteiger partial charge in [0.1, 0.15) is 22.5 Å². The monoisotopic (exact) mass is 499 g/mol. The second-order valence-corrected chi connectivity index (χ2v) is 9.82. The van der Waals surface area contributed by atoms with E-state index in [9.17, 15) is 4.79 Å². The van der Waals surface area contributed by atoms with E-state index in [1.54, 1.807) is 6.20 Å². The fraction of sp³-hybridized carbons (Fsp3) is 0.385. The van der Waals surface area contributed by atoms with Gasteiger partial charge in [0.05, 0.1) is 6.20 Å². The minimum atomic E-state index is 0. The quantitative estimate of drug-likeness (QED) is 0.502. The van der Waals surface area contributed by atoms with Crippen LogP contribution in [0.2, 0.25) is 0 Å². The zero-order valence-corrected chi connectivity index (χ0v) is 21.0. The van der Waals surface area contributed by atoms with E-state index in [-0.39, 0.29) is 24.4 Å². The summed E-state index contributed by atoms with van der Waals surface area (Å²) in [4.78, 5) is 19.8. The van der Waals surface area contributed by atoms with Crippen molar-refractivity contribution in [2.24, 2.45) is 5.92 Å². The summed E-state index contributed by atoms with van der Waals surface area (Å²) in [6.07, 6.45) is 4.56. The first-order valence-corrected chi connectivity index (χ1v) is 12.4. The number of hydrogen-bond donors (Lipinski definition) is 1. The topological polar surface area (TPSA) is 63.7 Å². The molecule has 0 unspecified atom stereocenters. The van der Waals surface area contributed by atoms with Crippen LogP contribution in [0.4, 0.5) is 0 Å². The predicted molar refractivity (Wildman–Crippen MR) is 137 cm³/mol. The molecule has 3 heterocycles. The Morgan fingerprint density at radius 1 is 1.21 bits per heavy atom. The Bertz CT molecular complexity index is 1120. The summed E-state index contributed by atoms with van der Waals surface area (Å²) in [6.45, 7) is 3.73. The lowest BCUT2D eigenvalue weighted by atomic mass is 9.93. The van der Waals surface area contributed by atoms with Crippen LogP contribution in [0.5, 0.6) is 16.7 Å². The van der Waals surface area contributed by atoms with Gasteiger partial charge in [0, 0.05) is 19.1 Å². The van der Waals surface area contributed by atoms with Crippen LogP contribution >= 0.6 is 23.7 Å². The number of ether oxygens (including phenoxy) is 2. The number of likely N-dealkylation sites (tertiary alicyclic amines) is 1. The number of rotatable bonds is 5. The molecule has 0 spiro atoms. The molecule has 3 atom stereocenters. The largest absolute Gasteiger partial charge is 0.485 e. The molecule has 0 aliphatic carbocycles. The second kappa shape index (κ2) is 10.8. The Morgan fingerprint density at radius 3 is 2.82 bits per heavy atom. The van der Waals surface area contributed by atoms with Crippen molar-refractivity contribution in [2.45, 2.75) is 38.3 Å². The van der Waals surface area contributed by atoms with E-state index in [1.165, 1.54) is 16.9 Å². The summed E-state index contributed by atoms with van der Waals surface area (Å²) in [5, 5.41) is 3.80. The maximum Gasteiger partial charge on any atom is 0.279 e. The molecule has 3 aromatic rings. The van der Waals surface area contributed by atoms with Gasteiger partial charge in [-0.1, -0.05) is 48.6 Å². The number of nitrogens with zero attached hydrogens (tertiary/aromatic N) is 2. The maximum absolute atomic E-state index is 13.0. The van der Waals surface area contributed by atoms with E-state index in [1.807, 2.05) is 48.3 Å². The first-order chi connectivity index (χ1) is 16.1. The number of halogens is 1. The highest BCUT2D eigenvalue weighted by Gasteiger charge is 2.29. The number of piperidine rings is 1. The standard InChI is InChI=1S/C26H29N3O3S.ClH/c1-17-12-13-29(16-21(17)27-2)25(30)24-15-28-26(33-24)31-20-9-11-23-19(14-20)8-10-22(32-23)18-6-4-3-5-7-18;/h3-7,9,11,14-15,17,21-22,27H,8,10,12-13,16H2,1-2H3;1H/t17-,21+,22+;/m1./s1. The van der Waals surface area contributed by atoms with Gasteiger partial charge in [-0.05, 0) is 61.6 Å². The molecule has 1 saturated heterocycles. The normalized spacial score (nSPS) is 21.7. The number of thiazole rings is 1. The van der Waals surface area contributed by atoms with Gasteiger partial charge >= 0.3 is 0 Å². The third-order valence-corrected chi connectivity index (χ3v) is 7.53. The number of hydrogen-bond acceptors (Lipinski definition) is 6. The third kappa shape index (κ3) is 5.22. The molecule has 1 amide bonds. The maximum atomic E-state index is 13.0. The minimum Gasteiger partial charge on any atom is -0.485 e. The average molecular weight is 500 g/mol. The van der Waals surface area contributed by atoms with Crippen molar-refractivity contribution < 1.29 is 14.3 Å². The van der Waals surface area contributed by atoms with E-state index in [4.69, 9.17) is 9.47 Å². The second-order valence-electron chi connectivity index (χ2n) is 8.83. The molecule has 180 valence electrons. The summed E-state index contributed by atoms with van der Waals surface area (Å²) in [6, 6.07) is 16.5. The number of benzene rings is 2. The van der Waals surface area contributed by atoms with Gasteiger partial charge in [-0.3, -0.25) is 4.79 Å². The van der Waals surface area contributed by atoms with Crippen LogP contribution in [0.3, 0.4) is 0 Å². The summed E-state index contributed by atoms with van der Waals surface area (Å²) in [5.41, 5.74) is 2.33. The molecule has 2 aromatic carbocycles. The van der Waals surface area contributed by atoms with Crippen LogP contribution < -0.4 is 14.8 Å². The number of aromatic nitrogens is 1. The molecule has 0 saturated carbocycles. The first-order valence-electron chi connectivity index (χ1n) is 11.6. The molecule has 0 radical (unpaired) electrons. The highest BCUT2D eigenvalue weighted by atomic mass is 35.5. The van der Waals surface area contributed by atoms with Crippen molar-refractivity contribution in [2.75, 3.05) is 20.1 Å². The highest BCUT2D eigenvalue weighted by molar-refractivity contribution is 7.15. The lowest BCUT2D eigenvalue weighted by Crippen LogP contribution is -2.50. The Kier molecular flexibility index (Phi) is 7.76. The smallest absolute Gasteiger partial charge is 0.279 e. The van der Waals surface area contributed by atoms with Crippen LogP contribution in [-0.2, 0) is 6.42 Å². The lowest BCUT2D eigenvalue weighted by molar-refractivity contribution is 0.0659. The van der Waals surface area contributed by atoms with Gasteiger partial charge in [-0.2, -0.15) is 0 Å². The molecule has 1 N–H and O–H groups in total. The van der Waals surface area contributed by atoms with Crippen LogP contribution in [0.15, 0.2) is 54.7 Å². The number of nitrogens with one attached hydrogen (secondary N) is 1. The molecule has 8 heteroatoms. The SMILES string of the molecule is CN[C@H]1CN(C(=O)c2cnc(Oc3ccc4c(c3)CC[C@@H](c3ccccc3)O4)s2)CC[C@H]1C.Cl. The van der Waals surface area contributed by atoms with Gasteiger partial charge in [-0.25, -0.2) is 4.98 Å². The van der Waals surface area contributed by atoms with E-state index in [0.29, 0.717) is 27.8 Å². The van der Waals surface area contributed by atoms with Crippen molar-refractivity contribution in [1.82, 2.24) is 15.2 Å². The number of amides is 1. The molecular weight excluding hydrogens is 470 g/mol. The summed E-state index contributed by atoms with van der Waals surface area (Å²) >= 11 is 1.30. The molecule has 2 aliphatic rings. The zero-order chi connectivity index (χ0) is 22.8. The average Bonchev–Trinajstić information content (AvgIpc) is 3.32. The third-order valence-electron chi connectivity index (χ3n) is 6.67. The highest BCUT2D eigenvalue weighted by Crippen LogP contribution is 2.38. The molecule has 5 rings (SSSR count). The zero-order valence-electron chi connectivity index (χ0n) is 19.4. The fourth-order valence-electron chi connectivity index (χ4n) is 4.62. The van der Waals surface area contributed by atoms with Crippen LogP contribution in [0.1, 0.15) is 46.7 Å². The van der Waals surface area contributed by atoms with E-state index < -0.39 is 0 Å². The van der Waals surface area contributed by atoms with Crippen molar-refractivity contribution in [3.63, 3.8) is 0 Å². The lowest BCUT2D eigenvalue weighted by Gasteiger charge is -2.36. The first kappa shape index (κ1) is 24.5. The Morgan fingerprint density at radius 2 is 2.03 bits per heavy atom. The minimum absolute atomic E-state index is 0. The Balaban J connectivity index is 0.00000274. The van der Waals surface area contributed by atoms with Gasteiger partial charge in [0.25, 0.3) is 11.1 Å². The molecule has 1 aromatic heterocycles. The molecule has 0 bridgehead atoms. The molecule has 2 aliphatic heterocycles. The molecule has 34 heavy (non-hydrogen) atoms. The molecular formula is C26H30ClN3O3S. The molecule has 6 nitrogen and oxygen atoms in total. The van der Waals surface area contributed by atoms with Crippen LogP contribution in [0.25, 0.3) is 0 Å². The number of fused-ring (bicyclic) bond motifs is 1. The summed E-state index contributed by atoms with van der Waals surface area (Å²) in [5.74, 6) is 2.21. The van der Waals surface area contributed by atoms with Crippen molar-refractivity contribution in [3.8, 4) is 16.7 Å². The number of likely N-dealkylation sites (N-methyl/N-ethyl adjacent to an activating group) is 1. The van der Waals surface area contributed by atoms with Gasteiger partial charge < -0.3 is 19.7 Å². The van der Waals surface area contributed by atoms with Gasteiger partial charge in [0.15, 0.2) is 0 Å². The number of carbonyl (C=O) groups excluding carboxylic acids is 1. The van der Waals surface area contributed by atoms with E-state index >= 15 is 0 Å². The Labute approximate surface area is 210 Å². The number of carbonyl (C=O) groups is 1. The van der Waals surface area contributed by atoms with Gasteiger partial charge in [-0.15, -0.1) is 12.4 Å². The number of aryl methyl sites for hydroxylation is 1. The fourth-order valence-corrected chi connectivity index (χ4v) is 5.37. The molecule has 1 fully saturated rings. The Hall–Kier alpha value is -2.61. The van der Waals surface area contributed by atoms with E-state index in [0.717, 1.165) is 43.7 Å². The summed E-state index contributed by atoms with van der Waals surface area (Å²) in [7, 11) is 1.96. The van der Waals surface area contributed by atoms with Gasteiger partial charge in [0.2, 0.25) is 0 Å². The predicted octanol–water partition coefficient (Wildman–Crippen LogP) is 5.49. The van der Waals surface area contributed by atoms with Crippen LogP contribution in [-0.4, -0.2) is 42.0 Å². The van der Waals surface area contributed by atoms with Crippen molar-refractivity contribution in [1.29, 1.82) is 0 Å². The van der Waals surface area contributed by atoms with Crippen molar-refractivity contribution in [3.05, 3.63) is 70.7 Å². The summed E-state index contributed by atoms with van der Waals surface area (Å²) < 4.78 is 12.2.